The number of halogens is 2. The minimum atomic E-state index is -1.48. The summed E-state index contributed by atoms with van der Waals surface area (Å²) in [4.78, 5) is 53.2. The van der Waals surface area contributed by atoms with Crippen molar-refractivity contribution in [3.05, 3.63) is 63.6 Å². The Labute approximate surface area is 199 Å². The van der Waals surface area contributed by atoms with E-state index in [0.717, 1.165) is 4.90 Å². The van der Waals surface area contributed by atoms with Crippen molar-refractivity contribution in [2.24, 2.45) is 17.6 Å². The van der Waals surface area contributed by atoms with Crippen LogP contribution in [0.25, 0.3) is 0 Å². The number of carbonyl (C=O) groups is 4. The maximum atomic E-state index is 13.7. The van der Waals surface area contributed by atoms with Crippen molar-refractivity contribution in [3.63, 3.8) is 0 Å². The van der Waals surface area contributed by atoms with Gasteiger partial charge in [-0.05, 0) is 36.2 Å². The maximum Gasteiger partial charge on any atom is 0.250 e. The number of benzene rings is 2. The Bertz CT molecular complexity index is 1220. The van der Waals surface area contributed by atoms with Crippen molar-refractivity contribution in [1.82, 2.24) is 10.2 Å². The summed E-state index contributed by atoms with van der Waals surface area (Å²) in [6.07, 6.45) is 0.216. The van der Waals surface area contributed by atoms with Gasteiger partial charge < -0.3 is 11.1 Å². The standard InChI is InChI=1S/C23H20Cl2N4O4/c24-12-5-6-15-13(9-12)23(22(33)27-15)19-18(16(28-23)7-8-17(26)30)20(31)29(21(19)32)10-11-3-1-2-4-14(11)25/h1-6,9,16,18-19,28H,7-8,10H2,(H2,26,30)(H,27,33)/t16-,18-,19+,23-/m1/s1. The van der Waals surface area contributed by atoms with Gasteiger partial charge in [-0.2, -0.15) is 0 Å². The molecule has 0 bridgehead atoms. The molecule has 0 aromatic heterocycles. The summed E-state index contributed by atoms with van der Waals surface area (Å²) in [6.45, 7) is -0.00696. The molecule has 4 atom stereocenters. The number of amides is 4. The number of rotatable bonds is 5. The molecule has 0 radical (unpaired) electrons. The maximum absolute atomic E-state index is 13.7. The molecular weight excluding hydrogens is 467 g/mol. The fourth-order valence-electron chi connectivity index (χ4n) is 5.33. The second kappa shape index (κ2) is 7.83. The van der Waals surface area contributed by atoms with E-state index in [4.69, 9.17) is 28.9 Å². The van der Waals surface area contributed by atoms with Crippen LogP contribution in [-0.4, -0.2) is 34.6 Å². The van der Waals surface area contributed by atoms with Crippen molar-refractivity contribution < 1.29 is 19.2 Å². The lowest BCUT2D eigenvalue weighted by atomic mass is 9.76. The van der Waals surface area contributed by atoms with Gasteiger partial charge in [0.05, 0.1) is 18.4 Å². The molecule has 0 unspecified atom stereocenters. The molecule has 4 N–H and O–H groups in total. The number of hydrogen-bond acceptors (Lipinski definition) is 5. The zero-order valence-electron chi connectivity index (χ0n) is 17.3. The molecular formula is C23H20Cl2N4O4. The van der Waals surface area contributed by atoms with E-state index in [1.165, 1.54) is 0 Å². The van der Waals surface area contributed by atoms with E-state index in [-0.39, 0.29) is 19.4 Å². The molecule has 3 aliphatic rings. The van der Waals surface area contributed by atoms with Crippen molar-refractivity contribution >= 4 is 52.5 Å². The number of likely N-dealkylation sites (tertiary alicyclic amines) is 1. The quantitative estimate of drug-likeness (QED) is 0.559. The van der Waals surface area contributed by atoms with E-state index in [0.29, 0.717) is 26.9 Å². The molecule has 8 nitrogen and oxygen atoms in total. The lowest BCUT2D eigenvalue weighted by Crippen LogP contribution is -2.53. The SMILES string of the molecule is NC(=O)CC[C@H]1N[C@@]2(C(=O)Nc3ccc(Cl)cc32)[C@@H]2C(=O)N(Cc3ccccc3Cl)C(=O)[C@@H]21. The molecule has 4 amide bonds. The Morgan fingerprint density at radius 2 is 1.85 bits per heavy atom. The summed E-state index contributed by atoms with van der Waals surface area (Å²) >= 11 is 12.5. The first-order valence-electron chi connectivity index (χ1n) is 10.5. The van der Waals surface area contributed by atoms with Crippen LogP contribution in [0.5, 0.6) is 0 Å². The number of carbonyl (C=O) groups excluding carboxylic acids is 4. The Hall–Kier alpha value is -2.94. The summed E-state index contributed by atoms with van der Waals surface area (Å²) in [5.41, 5.74) is 5.52. The highest BCUT2D eigenvalue weighted by molar-refractivity contribution is 6.31. The predicted octanol–water partition coefficient (Wildman–Crippen LogP) is 2.18. The average Bonchev–Trinajstić information content (AvgIpc) is 3.34. The van der Waals surface area contributed by atoms with Gasteiger partial charge >= 0.3 is 0 Å². The fourth-order valence-corrected chi connectivity index (χ4v) is 5.70. The van der Waals surface area contributed by atoms with Crippen LogP contribution < -0.4 is 16.4 Å². The molecule has 1 spiro atoms. The van der Waals surface area contributed by atoms with Crippen LogP contribution in [0.15, 0.2) is 42.5 Å². The van der Waals surface area contributed by atoms with E-state index in [1.807, 2.05) is 0 Å². The largest absolute Gasteiger partial charge is 0.370 e. The third-order valence-corrected chi connectivity index (χ3v) is 7.36. The minimum Gasteiger partial charge on any atom is -0.370 e. The highest BCUT2D eigenvalue weighted by Crippen LogP contribution is 2.54. The highest BCUT2D eigenvalue weighted by Gasteiger charge is 2.70. The van der Waals surface area contributed by atoms with Crippen molar-refractivity contribution in [3.8, 4) is 0 Å². The van der Waals surface area contributed by atoms with Crippen molar-refractivity contribution in [1.29, 1.82) is 0 Å². The monoisotopic (exact) mass is 486 g/mol. The molecule has 2 aromatic carbocycles. The first kappa shape index (κ1) is 21.9. The van der Waals surface area contributed by atoms with Gasteiger partial charge in [0.1, 0.15) is 5.54 Å². The molecule has 33 heavy (non-hydrogen) atoms. The minimum absolute atomic E-state index is 0.00692. The highest BCUT2D eigenvalue weighted by atomic mass is 35.5. The smallest absolute Gasteiger partial charge is 0.250 e. The number of fused-ring (bicyclic) bond motifs is 4. The van der Waals surface area contributed by atoms with Crippen LogP contribution in [0, 0.1) is 11.8 Å². The fraction of sp³-hybridized carbons (Fsp3) is 0.304. The number of hydrogen-bond donors (Lipinski definition) is 3. The molecule has 2 fully saturated rings. The van der Waals surface area contributed by atoms with E-state index >= 15 is 0 Å². The van der Waals surface area contributed by atoms with Gasteiger partial charge in [0.2, 0.25) is 23.6 Å². The van der Waals surface area contributed by atoms with Crippen LogP contribution in [-0.2, 0) is 31.3 Å². The lowest BCUT2D eigenvalue weighted by molar-refractivity contribution is -0.143. The second-order valence-electron chi connectivity index (χ2n) is 8.57. The van der Waals surface area contributed by atoms with Crippen molar-refractivity contribution in [2.75, 3.05) is 5.32 Å². The van der Waals surface area contributed by atoms with Gasteiger partial charge in [-0.1, -0.05) is 41.4 Å². The van der Waals surface area contributed by atoms with Crippen LogP contribution in [0.4, 0.5) is 5.69 Å². The Morgan fingerprint density at radius 1 is 1.09 bits per heavy atom. The summed E-state index contributed by atoms with van der Waals surface area (Å²) in [7, 11) is 0. The van der Waals surface area contributed by atoms with Crippen LogP contribution >= 0.6 is 23.2 Å². The van der Waals surface area contributed by atoms with Gasteiger partial charge in [-0.3, -0.25) is 29.4 Å². The first-order chi connectivity index (χ1) is 15.7. The average molecular weight is 487 g/mol. The molecule has 5 rings (SSSR count). The summed E-state index contributed by atoms with van der Waals surface area (Å²) in [6, 6.07) is 11.3. The zero-order valence-corrected chi connectivity index (χ0v) is 18.8. The number of anilines is 1. The third-order valence-electron chi connectivity index (χ3n) is 6.76. The van der Waals surface area contributed by atoms with Crippen LogP contribution in [0.2, 0.25) is 10.0 Å². The molecule has 0 aliphatic carbocycles. The second-order valence-corrected chi connectivity index (χ2v) is 9.41. The molecule has 170 valence electrons. The normalized spacial score (nSPS) is 27.8. The molecule has 3 aliphatic heterocycles. The van der Waals surface area contributed by atoms with Gasteiger partial charge in [0, 0.05) is 33.8 Å². The van der Waals surface area contributed by atoms with Crippen LogP contribution in [0.1, 0.15) is 24.0 Å². The summed E-state index contributed by atoms with van der Waals surface area (Å²) in [5.74, 6) is -3.68. The number of primary amides is 1. The first-order valence-corrected chi connectivity index (χ1v) is 11.3. The molecule has 2 aromatic rings. The van der Waals surface area contributed by atoms with E-state index in [1.54, 1.807) is 42.5 Å². The Kier molecular flexibility index (Phi) is 5.19. The Balaban J connectivity index is 1.60. The topological polar surface area (TPSA) is 122 Å². The molecule has 10 heteroatoms. The number of nitrogens with one attached hydrogen (secondary N) is 2. The van der Waals surface area contributed by atoms with Gasteiger partial charge in [-0.15, -0.1) is 0 Å². The van der Waals surface area contributed by atoms with Crippen molar-refractivity contribution in [2.45, 2.75) is 31.0 Å². The molecule has 2 saturated heterocycles. The van der Waals surface area contributed by atoms with E-state index < -0.39 is 47.0 Å². The summed E-state index contributed by atoms with van der Waals surface area (Å²) < 4.78 is 0. The van der Waals surface area contributed by atoms with Gasteiger partial charge in [0.25, 0.3) is 0 Å². The van der Waals surface area contributed by atoms with Gasteiger partial charge in [0.15, 0.2) is 0 Å². The number of imide groups is 1. The Morgan fingerprint density at radius 3 is 2.58 bits per heavy atom. The third kappa shape index (κ3) is 3.24. The molecule has 3 heterocycles. The zero-order chi connectivity index (χ0) is 23.5. The lowest BCUT2D eigenvalue weighted by Gasteiger charge is -2.29. The van der Waals surface area contributed by atoms with E-state index in [9.17, 15) is 19.2 Å². The number of nitrogens with zero attached hydrogens (tertiary/aromatic N) is 1. The summed E-state index contributed by atoms with van der Waals surface area (Å²) in [5, 5.41) is 6.88. The predicted molar refractivity (Wildman–Crippen MR) is 121 cm³/mol. The molecule has 0 saturated carbocycles. The number of nitrogens with two attached hydrogens (primary N) is 1. The van der Waals surface area contributed by atoms with E-state index in [2.05, 4.69) is 10.6 Å². The van der Waals surface area contributed by atoms with Crippen LogP contribution in [0.3, 0.4) is 0 Å². The van der Waals surface area contributed by atoms with Gasteiger partial charge in [-0.25, -0.2) is 0 Å².